The highest BCUT2D eigenvalue weighted by Crippen LogP contribution is 2.34. The van der Waals surface area contributed by atoms with Crippen molar-refractivity contribution in [2.75, 3.05) is 36.8 Å². The molecule has 4 rings (SSSR count). The van der Waals surface area contributed by atoms with Crippen LogP contribution in [0.1, 0.15) is 6.92 Å². The first-order chi connectivity index (χ1) is 14.8. The fourth-order valence-corrected chi connectivity index (χ4v) is 4.89. The van der Waals surface area contributed by atoms with Gasteiger partial charge in [-0.1, -0.05) is 24.3 Å². The van der Waals surface area contributed by atoms with Crippen LogP contribution < -0.4 is 10.5 Å². The first kappa shape index (κ1) is 20.9. The number of piperazine rings is 1. The van der Waals surface area contributed by atoms with E-state index in [1.165, 1.54) is 10.4 Å². The topological polar surface area (TPSA) is 130 Å². The van der Waals surface area contributed by atoms with Crippen LogP contribution in [0.3, 0.4) is 0 Å². The Balaban J connectivity index is 1.70. The number of nitro benzene ring substituents is 1. The second-order valence-corrected chi connectivity index (χ2v) is 9.45. The standard InChI is InChI=1S/C20H21N5O5S/c1-2-31(29,30)24-11-9-23(10-12-24)17-8-7-14(13-18(17)25(27)28)19-15-5-3-4-6-16(15)20(26)22-21-19/h3-8,13H,2,9-12H2,1H3,(H,22,26). The van der Waals surface area contributed by atoms with E-state index < -0.39 is 14.9 Å². The monoisotopic (exact) mass is 443 g/mol. The number of hydrogen-bond acceptors (Lipinski definition) is 7. The van der Waals surface area contributed by atoms with E-state index >= 15 is 0 Å². The van der Waals surface area contributed by atoms with E-state index in [0.29, 0.717) is 40.8 Å². The van der Waals surface area contributed by atoms with Crippen LogP contribution in [0.15, 0.2) is 47.3 Å². The second kappa shape index (κ2) is 8.08. The number of nitrogens with zero attached hydrogens (tertiary/aromatic N) is 4. The van der Waals surface area contributed by atoms with Gasteiger partial charge in [0.2, 0.25) is 10.0 Å². The Morgan fingerprint density at radius 3 is 2.42 bits per heavy atom. The maximum absolute atomic E-state index is 12.1. The number of sulfonamides is 1. The molecule has 31 heavy (non-hydrogen) atoms. The van der Waals surface area contributed by atoms with Gasteiger partial charge in [0.15, 0.2) is 0 Å². The lowest BCUT2D eigenvalue weighted by Crippen LogP contribution is -2.49. The van der Waals surface area contributed by atoms with Crippen LogP contribution >= 0.6 is 0 Å². The molecule has 1 aliphatic rings. The smallest absolute Gasteiger partial charge is 0.293 e. The molecule has 10 nitrogen and oxygen atoms in total. The van der Waals surface area contributed by atoms with Gasteiger partial charge in [-0.05, 0) is 19.1 Å². The van der Waals surface area contributed by atoms with Crippen LogP contribution in [-0.4, -0.2) is 59.8 Å². The van der Waals surface area contributed by atoms with Gasteiger partial charge in [-0.3, -0.25) is 14.9 Å². The maximum Gasteiger partial charge on any atom is 0.293 e. The Kier molecular flexibility index (Phi) is 5.46. The third kappa shape index (κ3) is 3.89. The summed E-state index contributed by atoms with van der Waals surface area (Å²) in [6, 6.07) is 11.8. The Morgan fingerprint density at radius 2 is 1.77 bits per heavy atom. The molecular formula is C20H21N5O5S. The second-order valence-electron chi connectivity index (χ2n) is 7.19. The van der Waals surface area contributed by atoms with E-state index in [1.54, 1.807) is 43.3 Å². The van der Waals surface area contributed by atoms with E-state index in [1.807, 2.05) is 4.90 Å². The summed E-state index contributed by atoms with van der Waals surface area (Å²) in [4.78, 5) is 25.2. The van der Waals surface area contributed by atoms with Crippen molar-refractivity contribution in [3.8, 4) is 11.3 Å². The molecule has 0 unspecified atom stereocenters. The minimum absolute atomic E-state index is 0.0297. The quantitative estimate of drug-likeness (QED) is 0.471. The van der Waals surface area contributed by atoms with E-state index in [4.69, 9.17) is 0 Å². The predicted octanol–water partition coefficient (Wildman–Crippen LogP) is 1.97. The average molecular weight is 443 g/mol. The van der Waals surface area contributed by atoms with Crippen LogP contribution in [0.25, 0.3) is 22.0 Å². The molecule has 0 saturated carbocycles. The van der Waals surface area contributed by atoms with Crippen molar-refractivity contribution < 1.29 is 13.3 Å². The SMILES string of the molecule is CCS(=O)(=O)N1CCN(c2ccc(-c3n[nH]c(=O)c4ccccc34)cc2[N+](=O)[O-])CC1. The van der Waals surface area contributed by atoms with E-state index in [9.17, 15) is 23.3 Å². The summed E-state index contributed by atoms with van der Waals surface area (Å²) in [6.45, 7) is 2.88. The first-order valence-corrected chi connectivity index (χ1v) is 11.4. The van der Waals surface area contributed by atoms with Crippen molar-refractivity contribution in [3.63, 3.8) is 0 Å². The Morgan fingerprint density at radius 1 is 1.10 bits per heavy atom. The molecular weight excluding hydrogens is 422 g/mol. The van der Waals surface area contributed by atoms with Crippen molar-refractivity contribution in [3.05, 3.63) is 62.9 Å². The van der Waals surface area contributed by atoms with Gasteiger partial charge in [0.25, 0.3) is 11.2 Å². The van der Waals surface area contributed by atoms with Gasteiger partial charge in [0.1, 0.15) is 5.69 Å². The van der Waals surface area contributed by atoms with Crippen molar-refractivity contribution >= 4 is 32.2 Å². The number of hydrogen-bond donors (Lipinski definition) is 1. The molecule has 1 fully saturated rings. The summed E-state index contributed by atoms with van der Waals surface area (Å²) >= 11 is 0. The molecule has 0 atom stereocenters. The number of aromatic nitrogens is 2. The Hall–Kier alpha value is -3.31. The number of aromatic amines is 1. The van der Waals surface area contributed by atoms with Crippen LogP contribution in [0.4, 0.5) is 11.4 Å². The minimum Gasteiger partial charge on any atom is -0.363 e. The van der Waals surface area contributed by atoms with Crippen LogP contribution in [0.2, 0.25) is 0 Å². The van der Waals surface area contributed by atoms with Gasteiger partial charge in [-0.2, -0.15) is 9.40 Å². The number of benzene rings is 2. The van der Waals surface area contributed by atoms with Crippen molar-refractivity contribution in [2.45, 2.75) is 6.92 Å². The lowest BCUT2D eigenvalue weighted by Gasteiger charge is -2.35. The summed E-state index contributed by atoms with van der Waals surface area (Å²) < 4.78 is 25.6. The van der Waals surface area contributed by atoms with Crippen LogP contribution in [0, 0.1) is 10.1 Å². The average Bonchev–Trinajstić information content (AvgIpc) is 2.79. The van der Waals surface area contributed by atoms with E-state index in [-0.39, 0.29) is 30.1 Å². The molecule has 1 saturated heterocycles. The molecule has 0 spiro atoms. The molecule has 1 N–H and O–H groups in total. The number of rotatable bonds is 5. The molecule has 0 radical (unpaired) electrons. The summed E-state index contributed by atoms with van der Waals surface area (Å²) in [5.74, 6) is 0.0297. The van der Waals surface area contributed by atoms with Crippen LogP contribution in [-0.2, 0) is 10.0 Å². The largest absolute Gasteiger partial charge is 0.363 e. The molecule has 3 aromatic rings. The van der Waals surface area contributed by atoms with Crippen molar-refractivity contribution in [2.24, 2.45) is 0 Å². The number of fused-ring (bicyclic) bond motifs is 1. The minimum atomic E-state index is -3.28. The normalized spacial score (nSPS) is 15.3. The number of nitrogens with one attached hydrogen (secondary N) is 1. The number of nitro groups is 1. The highest BCUT2D eigenvalue weighted by molar-refractivity contribution is 7.89. The molecule has 11 heteroatoms. The molecule has 2 aromatic carbocycles. The zero-order chi connectivity index (χ0) is 22.2. The molecule has 2 heterocycles. The van der Waals surface area contributed by atoms with Gasteiger partial charge >= 0.3 is 0 Å². The zero-order valence-corrected chi connectivity index (χ0v) is 17.6. The molecule has 0 amide bonds. The summed E-state index contributed by atoms with van der Waals surface area (Å²) in [5.41, 5.74) is 0.960. The third-order valence-corrected chi connectivity index (χ3v) is 7.36. The lowest BCUT2D eigenvalue weighted by atomic mass is 10.0. The van der Waals surface area contributed by atoms with Gasteiger partial charge in [0.05, 0.1) is 21.8 Å². The fraction of sp³-hybridized carbons (Fsp3) is 0.300. The first-order valence-electron chi connectivity index (χ1n) is 9.81. The highest BCUT2D eigenvalue weighted by atomic mass is 32.2. The number of H-pyrrole nitrogens is 1. The Labute approximate surface area is 178 Å². The molecule has 0 bridgehead atoms. The molecule has 1 aliphatic heterocycles. The van der Waals surface area contributed by atoms with Gasteiger partial charge < -0.3 is 4.90 Å². The van der Waals surface area contributed by atoms with Gasteiger partial charge in [-0.15, -0.1) is 0 Å². The maximum atomic E-state index is 12.1. The predicted molar refractivity (Wildman–Crippen MR) is 118 cm³/mol. The fourth-order valence-electron chi connectivity index (χ4n) is 3.81. The summed E-state index contributed by atoms with van der Waals surface area (Å²) in [7, 11) is -3.28. The third-order valence-electron chi connectivity index (χ3n) is 5.48. The zero-order valence-electron chi connectivity index (χ0n) is 16.8. The van der Waals surface area contributed by atoms with E-state index in [0.717, 1.165) is 0 Å². The lowest BCUT2D eigenvalue weighted by molar-refractivity contribution is -0.384. The highest BCUT2D eigenvalue weighted by Gasteiger charge is 2.29. The molecule has 162 valence electrons. The van der Waals surface area contributed by atoms with Crippen molar-refractivity contribution in [1.29, 1.82) is 0 Å². The molecule has 1 aromatic heterocycles. The van der Waals surface area contributed by atoms with Gasteiger partial charge in [-0.25, -0.2) is 13.5 Å². The van der Waals surface area contributed by atoms with E-state index in [2.05, 4.69) is 10.2 Å². The molecule has 0 aliphatic carbocycles. The summed E-state index contributed by atoms with van der Waals surface area (Å²) in [5, 5.41) is 19.4. The van der Waals surface area contributed by atoms with Crippen molar-refractivity contribution in [1.82, 2.24) is 14.5 Å². The van der Waals surface area contributed by atoms with Crippen LogP contribution in [0.5, 0.6) is 0 Å². The van der Waals surface area contributed by atoms with Gasteiger partial charge in [0, 0.05) is 43.2 Å². The Bertz CT molecular complexity index is 1310. The summed E-state index contributed by atoms with van der Waals surface area (Å²) in [6.07, 6.45) is 0. The number of anilines is 1.